The van der Waals surface area contributed by atoms with Crippen LogP contribution in [0.3, 0.4) is 0 Å². The summed E-state index contributed by atoms with van der Waals surface area (Å²) in [5.74, 6) is 1.14. The summed E-state index contributed by atoms with van der Waals surface area (Å²) in [7, 11) is 0. The van der Waals surface area contributed by atoms with Crippen molar-refractivity contribution < 1.29 is 0 Å². The smallest absolute Gasteiger partial charge is 0.0901 e. The van der Waals surface area contributed by atoms with Crippen molar-refractivity contribution in [2.75, 3.05) is 0 Å². The summed E-state index contributed by atoms with van der Waals surface area (Å²) < 4.78 is 1.36. The van der Waals surface area contributed by atoms with Crippen molar-refractivity contribution in [3.05, 3.63) is 77.3 Å². The molecule has 0 N–H and O–H groups in total. The molecule has 33 heavy (non-hydrogen) atoms. The Bertz CT molecular complexity index is 1000. The number of aryl methyl sites for hydroxylation is 2. The average Bonchev–Trinajstić information content (AvgIpc) is 3.37. The minimum atomic E-state index is 0.548. The topological polar surface area (TPSA) is 25.8 Å². The fraction of sp³-hybridized carbons (Fsp3) is 0.429. The van der Waals surface area contributed by atoms with Crippen LogP contribution >= 0.6 is 45.3 Å². The molecule has 0 amide bonds. The van der Waals surface area contributed by atoms with Crippen molar-refractivity contribution in [2.24, 2.45) is 11.8 Å². The molecule has 0 aliphatic heterocycles. The van der Waals surface area contributed by atoms with Crippen LogP contribution in [-0.2, 0) is 0 Å². The van der Waals surface area contributed by atoms with Gasteiger partial charge in [0.2, 0.25) is 0 Å². The normalized spacial score (nSPS) is 15.1. The van der Waals surface area contributed by atoms with E-state index in [1.165, 1.54) is 20.3 Å². The van der Waals surface area contributed by atoms with E-state index in [1.807, 2.05) is 19.9 Å². The molecule has 0 aliphatic rings. The molecular formula is C28H39IN2S2. The second-order valence-corrected chi connectivity index (χ2v) is 12.4. The van der Waals surface area contributed by atoms with Crippen LogP contribution in [0.1, 0.15) is 75.8 Å². The van der Waals surface area contributed by atoms with Crippen LogP contribution < -0.4 is 0 Å². The van der Waals surface area contributed by atoms with Crippen molar-refractivity contribution in [3.8, 4) is 0 Å². The van der Waals surface area contributed by atoms with Crippen LogP contribution in [-0.4, -0.2) is 9.97 Å². The lowest BCUT2D eigenvalue weighted by Gasteiger charge is -2.09. The molecule has 0 spiro atoms. The Morgan fingerprint density at radius 3 is 1.64 bits per heavy atom. The average molecular weight is 595 g/mol. The Balaban J connectivity index is 0.000000331. The van der Waals surface area contributed by atoms with Crippen molar-refractivity contribution in [3.63, 3.8) is 0 Å². The van der Waals surface area contributed by atoms with E-state index in [1.54, 1.807) is 22.7 Å². The molecule has 2 rings (SSSR count). The van der Waals surface area contributed by atoms with Gasteiger partial charge in [-0.1, -0.05) is 55.4 Å². The maximum Gasteiger partial charge on any atom is 0.0901 e. The lowest BCUT2D eigenvalue weighted by Crippen LogP contribution is -1.95. The zero-order chi connectivity index (χ0) is 25.0. The quantitative estimate of drug-likeness (QED) is 0.213. The summed E-state index contributed by atoms with van der Waals surface area (Å²) in [5.41, 5.74) is 6.21. The standard InChI is InChI=1S/C15H21NS.C13H18INS/c1-6-11(2)7-8-12(3)13(4)9-15-10-17-14(5)16-15;1-9(5-6-11(3)14)10(2)7-13-8-16-12(4)15-13/h6-7,9-10,12H,1,8H2,2-5H3;6-9H,5H2,1-4H3/b11-7-,13-9+;10-7+,11-6-/t12-;9-/m00/s1. The van der Waals surface area contributed by atoms with E-state index >= 15 is 0 Å². The van der Waals surface area contributed by atoms with Crippen LogP contribution in [0, 0.1) is 25.7 Å². The first kappa shape index (κ1) is 29.7. The van der Waals surface area contributed by atoms with Gasteiger partial charge < -0.3 is 0 Å². The number of halogens is 1. The maximum absolute atomic E-state index is 4.46. The van der Waals surface area contributed by atoms with Gasteiger partial charge in [0, 0.05) is 10.8 Å². The fourth-order valence-corrected chi connectivity index (χ4v) is 4.20. The first-order chi connectivity index (χ1) is 15.5. The number of hydrogen-bond donors (Lipinski definition) is 0. The number of thiazole rings is 2. The van der Waals surface area contributed by atoms with Crippen molar-refractivity contribution in [1.82, 2.24) is 9.97 Å². The SMILES string of the molecule is C/C(I)=C/C[C@H](C)/C(C)=C/c1csc(C)n1.C=C/C(C)=C\C[C@H](C)/C(C)=C/c1csc(C)n1. The van der Waals surface area contributed by atoms with Gasteiger partial charge in [-0.3, -0.25) is 0 Å². The lowest BCUT2D eigenvalue weighted by molar-refractivity contribution is 0.698. The van der Waals surface area contributed by atoms with E-state index < -0.39 is 0 Å². The molecule has 0 radical (unpaired) electrons. The summed E-state index contributed by atoms with van der Waals surface area (Å²) in [5, 5.41) is 6.48. The molecule has 180 valence electrons. The minimum Gasteiger partial charge on any atom is -0.242 e. The molecule has 2 heterocycles. The number of nitrogens with zero attached hydrogens (tertiary/aromatic N) is 2. The third kappa shape index (κ3) is 12.6. The third-order valence-electron chi connectivity index (χ3n) is 5.45. The van der Waals surface area contributed by atoms with E-state index in [9.17, 15) is 0 Å². The van der Waals surface area contributed by atoms with E-state index in [2.05, 4.69) is 116 Å². The molecule has 0 aromatic carbocycles. The Kier molecular flexibility index (Phi) is 14.0. The highest BCUT2D eigenvalue weighted by Gasteiger charge is 2.05. The number of hydrogen-bond acceptors (Lipinski definition) is 4. The monoisotopic (exact) mass is 594 g/mol. The predicted octanol–water partition coefficient (Wildman–Crippen LogP) is 10.2. The number of aromatic nitrogens is 2. The molecule has 2 nitrogen and oxygen atoms in total. The molecule has 2 aromatic rings. The van der Waals surface area contributed by atoms with Gasteiger partial charge in [0.25, 0.3) is 0 Å². The molecule has 0 aliphatic carbocycles. The van der Waals surface area contributed by atoms with Crippen LogP contribution in [0.15, 0.2) is 55.9 Å². The Hall–Kier alpha value is -1.31. The number of allylic oxidation sites excluding steroid dienone is 7. The molecule has 0 saturated carbocycles. The Morgan fingerprint density at radius 2 is 1.30 bits per heavy atom. The summed E-state index contributed by atoms with van der Waals surface area (Å²) in [6.07, 6.45) is 13.0. The first-order valence-corrected chi connectivity index (χ1v) is 14.2. The highest BCUT2D eigenvalue weighted by atomic mass is 127. The van der Waals surface area contributed by atoms with Crippen molar-refractivity contribution >= 4 is 57.4 Å². The maximum atomic E-state index is 4.46. The van der Waals surface area contributed by atoms with Crippen LogP contribution in [0.2, 0.25) is 0 Å². The third-order valence-corrected chi connectivity index (χ3v) is 7.47. The first-order valence-electron chi connectivity index (χ1n) is 11.3. The van der Waals surface area contributed by atoms with Gasteiger partial charge in [0.05, 0.1) is 21.4 Å². The molecule has 0 unspecified atom stereocenters. The highest BCUT2D eigenvalue weighted by molar-refractivity contribution is 14.1. The van der Waals surface area contributed by atoms with Gasteiger partial charge in [0.1, 0.15) is 0 Å². The zero-order valence-electron chi connectivity index (χ0n) is 21.4. The minimum absolute atomic E-state index is 0.548. The second kappa shape index (κ2) is 15.6. The van der Waals surface area contributed by atoms with Crippen LogP contribution in [0.25, 0.3) is 12.2 Å². The van der Waals surface area contributed by atoms with E-state index in [0.29, 0.717) is 11.8 Å². The summed E-state index contributed by atoms with van der Waals surface area (Å²) in [6, 6.07) is 0. The van der Waals surface area contributed by atoms with Gasteiger partial charge in [-0.05, 0) is 105 Å². The molecule has 5 heteroatoms. The highest BCUT2D eigenvalue weighted by Crippen LogP contribution is 2.21. The zero-order valence-corrected chi connectivity index (χ0v) is 25.2. The van der Waals surface area contributed by atoms with Crippen LogP contribution in [0.5, 0.6) is 0 Å². The van der Waals surface area contributed by atoms with Gasteiger partial charge in [0.15, 0.2) is 0 Å². The van der Waals surface area contributed by atoms with Gasteiger partial charge in [-0.2, -0.15) is 0 Å². The second-order valence-electron chi connectivity index (χ2n) is 8.58. The van der Waals surface area contributed by atoms with E-state index in [4.69, 9.17) is 0 Å². The molecule has 0 fully saturated rings. The van der Waals surface area contributed by atoms with Gasteiger partial charge >= 0.3 is 0 Å². The Labute approximate surface area is 223 Å². The molecule has 0 saturated heterocycles. The molecule has 2 aromatic heterocycles. The van der Waals surface area contributed by atoms with E-state index in [0.717, 1.165) is 34.2 Å². The largest absolute Gasteiger partial charge is 0.242 e. The van der Waals surface area contributed by atoms with Crippen LogP contribution in [0.4, 0.5) is 0 Å². The van der Waals surface area contributed by atoms with Crippen molar-refractivity contribution in [2.45, 2.75) is 68.2 Å². The fourth-order valence-electron chi connectivity index (χ4n) is 2.80. The summed E-state index contributed by atoms with van der Waals surface area (Å²) in [6.45, 7) is 20.9. The molecular weight excluding hydrogens is 555 g/mol. The summed E-state index contributed by atoms with van der Waals surface area (Å²) in [4.78, 5) is 8.91. The molecule has 0 bridgehead atoms. The summed E-state index contributed by atoms with van der Waals surface area (Å²) >= 11 is 5.76. The van der Waals surface area contributed by atoms with Gasteiger partial charge in [-0.25, -0.2) is 9.97 Å². The van der Waals surface area contributed by atoms with Gasteiger partial charge in [-0.15, -0.1) is 22.7 Å². The number of rotatable bonds is 9. The van der Waals surface area contributed by atoms with E-state index in [-0.39, 0.29) is 0 Å². The van der Waals surface area contributed by atoms with Crippen molar-refractivity contribution in [1.29, 1.82) is 0 Å². The predicted molar refractivity (Wildman–Crippen MR) is 160 cm³/mol. The lowest BCUT2D eigenvalue weighted by atomic mass is 9.97. The Morgan fingerprint density at radius 1 is 0.879 bits per heavy atom. The molecule has 2 atom stereocenters.